The van der Waals surface area contributed by atoms with E-state index in [9.17, 15) is 23.6 Å². The molecule has 1 saturated heterocycles. The molecule has 1 aromatic carbocycles. The number of ether oxygens (including phenoxy) is 4. The van der Waals surface area contributed by atoms with Gasteiger partial charge in [0, 0.05) is 47.6 Å². The summed E-state index contributed by atoms with van der Waals surface area (Å²) in [5, 5.41) is 17.9. The summed E-state index contributed by atoms with van der Waals surface area (Å²) in [6.07, 6.45) is -0.0531. The molecule has 216 valence electrons. The molecule has 5 atom stereocenters. The van der Waals surface area contributed by atoms with Gasteiger partial charge in [-0.1, -0.05) is 17.0 Å². The van der Waals surface area contributed by atoms with Crippen molar-refractivity contribution in [1.29, 1.82) is 5.26 Å². The van der Waals surface area contributed by atoms with Crippen molar-refractivity contribution in [3.05, 3.63) is 58.0 Å². The zero-order valence-electron chi connectivity index (χ0n) is 22.2. The van der Waals surface area contributed by atoms with Crippen molar-refractivity contribution < 1.29 is 37.3 Å². The van der Waals surface area contributed by atoms with Gasteiger partial charge in [0.1, 0.15) is 53.7 Å². The minimum absolute atomic E-state index is 0.133. The summed E-state index contributed by atoms with van der Waals surface area (Å²) in [6.45, 7) is 3.47. The molecular weight excluding hydrogens is 628 g/mol. The van der Waals surface area contributed by atoms with Gasteiger partial charge in [-0.25, -0.2) is 18.4 Å². The number of rotatable bonds is 8. The van der Waals surface area contributed by atoms with Crippen molar-refractivity contribution in [3.8, 4) is 17.3 Å². The lowest BCUT2D eigenvalue weighted by molar-refractivity contribution is -0.208. The van der Waals surface area contributed by atoms with Crippen LogP contribution in [0.3, 0.4) is 0 Å². The smallest absolute Gasteiger partial charge is 0.303 e. The summed E-state index contributed by atoms with van der Waals surface area (Å²) < 4.78 is 53.5. The number of carbonyl (C=O) groups is 2. The first-order valence-corrected chi connectivity index (χ1v) is 13.8. The van der Waals surface area contributed by atoms with Gasteiger partial charge in [0.25, 0.3) is 0 Å². The van der Waals surface area contributed by atoms with E-state index in [4.69, 9.17) is 18.9 Å². The number of hydrogen-bond acceptors (Lipinski definition) is 11. The van der Waals surface area contributed by atoms with Crippen LogP contribution in [0, 0.1) is 29.9 Å². The molecule has 11 nitrogen and oxygen atoms in total. The van der Waals surface area contributed by atoms with Crippen molar-refractivity contribution in [2.75, 3.05) is 13.7 Å². The molecule has 1 fully saturated rings. The second-order valence-electron chi connectivity index (χ2n) is 8.99. The van der Waals surface area contributed by atoms with Crippen LogP contribution in [-0.2, 0) is 28.5 Å². The molecule has 41 heavy (non-hydrogen) atoms. The third-order valence-electron chi connectivity index (χ3n) is 6.20. The molecule has 0 spiro atoms. The van der Waals surface area contributed by atoms with Crippen LogP contribution in [0.2, 0.25) is 0 Å². The molecule has 3 heterocycles. The fourth-order valence-corrected chi connectivity index (χ4v) is 6.02. The topological polar surface area (TPSA) is 138 Å². The predicted molar refractivity (Wildman–Crippen MR) is 143 cm³/mol. The van der Waals surface area contributed by atoms with E-state index < -0.39 is 53.4 Å². The summed E-state index contributed by atoms with van der Waals surface area (Å²) in [6, 6.07) is 5.08. The maximum atomic E-state index is 14.3. The molecule has 15 heteroatoms. The zero-order chi connectivity index (χ0) is 29.8. The van der Waals surface area contributed by atoms with Gasteiger partial charge in [-0.15, -0.1) is 5.10 Å². The van der Waals surface area contributed by atoms with E-state index in [1.807, 2.05) is 6.07 Å². The van der Waals surface area contributed by atoms with Gasteiger partial charge >= 0.3 is 11.9 Å². The Bertz CT molecular complexity index is 1480. The number of pyridine rings is 1. The summed E-state index contributed by atoms with van der Waals surface area (Å²) in [7, 11) is 1.42. The Hall–Kier alpha value is -3.45. The second kappa shape index (κ2) is 13.0. The predicted octanol–water partition coefficient (Wildman–Crippen LogP) is 4.13. The summed E-state index contributed by atoms with van der Waals surface area (Å²) in [5.41, 5.74) is -0.565. The standard InChI is InChI=1S/C26H24BrF2N5O6S/c1-12-17(28)5-15(6-18(12)29)20-10-34(33-32-20)23-24(39-14(3)36)21(11-38-13(2)35)40-26(25(23)37-4)41-22-7-16(27)9-31-19(22)8-30/h5-7,9-10,21,23-26H,11H2,1-4H3. The van der Waals surface area contributed by atoms with Crippen molar-refractivity contribution in [2.24, 2.45) is 0 Å². The van der Waals surface area contributed by atoms with E-state index in [2.05, 4.69) is 31.2 Å². The fraction of sp³-hybridized carbons (Fsp3) is 0.385. The minimum Gasteiger partial charge on any atom is -0.463 e. The molecule has 0 aliphatic carbocycles. The second-order valence-corrected chi connectivity index (χ2v) is 11.0. The number of aromatic nitrogens is 4. The number of halogens is 3. The Labute approximate surface area is 246 Å². The van der Waals surface area contributed by atoms with Gasteiger partial charge in [-0.3, -0.25) is 9.59 Å². The highest BCUT2D eigenvalue weighted by Gasteiger charge is 2.50. The quantitative estimate of drug-likeness (QED) is 0.325. The highest BCUT2D eigenvalue weighted by Crippen LogP contribution is 2.42. The lowest BCUT2D eigenvalue weighted by Crippen LogP contribution is -2.57. The number of carbonyl (C=O) groups excluding carboxylic acids is 2. The fourth-order valence-electron chi connectivity index (χ4n) is 4.28. The maximum Gasteiger partial charge on any atom is 0.303 e. The Morgan fingerprint density at radius 2 is 1.90 bits per heavy atom. The Kier molecular flexibility index (Phi) is 9.69. The largest absolute Gasteiger partial charge is 0.463 e. The van der Waals surface area contributed by atoms with Crippen molar-refractivity contribution in [3.63, 3.8) is 0 Å². The molecule has 1 aliphatic rings. The lowest BCUT2D eigenvalue weighted by atomic mass is 9.96. The summed E-state index contributed by atoms with van der Waals surface area (Å²) in [4.78, 5) is 28.4. The highest BCUT2D eigenvalue weighted by atomic mass is 79.9. The van der Waals surface area contributed by atoms with Crippen LogP contribution < -0.4 is 0 Å². The van der Waals surface area contributed by atoms with Crippen LogP contribution in [0.4, 0.5) is 8.78 Å². The summed E-state index contributed by atoms with van der Waals surface area (Å²) in [5.74, 6) is -2.73. The molecule has 0 saturated carbocycles. The molecule has 2 aromatic heterocycles. The number of hydrogen-bond donors (Lipinski definition) is 0. The average molecular weight is 652 g/mol. The Balaban J connectivity index is 1.80. The Morgan fingerprint density at radius 3 is 2.51 bits per heavy atom. The van der Waals surface area contributed by atoms with Crippen LogP contribution in [0.15, 0.2) is 40.0 Å². The van der Waals surface area contributed by atoms with Gasteiger partial charge < -0.3 is 18.9 Å². The molecule has 5 unspecified atom stereocenters. The van der Waals surface area contributed by atoms with Crippen molar-refractivity contribution in [1.82, 2.24) is 20.0 Å². The minimum atomic E-state index is -1.09. The number of nitrogens with zero attached hydrogens (tertiary/aromatic N) is 5. The first-order valence-electron chi connectivity index (χ1n) is 12.1. The van der Waals surface area contributed by atoms with E-state index in [0.717, 1.165) is 23.9 Å². The Morgan fingerprint density at radius 1 is 1.20 bits per heavy atom. The number of nitriles is 1. The molecular formula is C26H24BrF2N5O6S. The normalized spacial score (nSPS) is 22.1. The van der Waals surface area contributed by atoms with Crippen LogP contribution in [-0.4, -0.2) is 69.4 Å². The molecule has 3 aromatic rings. The SMILES string of the molecule is COC1C(Sc2cc(Br)cnc2C#N)OC(COC(C)=O)C(OC(C)=O)C1n1cc(-c2cc(F)c(C)c(F)c2)nn1. The van der Waals surface area contributed by atoms with Gasteiger partial charge in [-0.2, -0.15) is 5.26 Å². The van der Waals surface area contributed by atoms with Gasteiger partial charge in [0.15, 0.2) is 11.8 Å². The molecule has 4 rings (SSSR count). The number of thioether (sulfide) groups is 1. The van der Waals surface area contributed by atoms with E-state index in [1.165, 1.54) is 45.0 Å². The van der Waals surface area contributed by atoms with E-state index in [-0.39, 0.29) is 29.1 Å². The third-order valence-corrected chi connectivity index (χ3v) is 7.81. The molecule has 1 aliphatic heterocycles. The molecule has 0 bridgehead atoms. The summed E-state index contributed by atoms with van der Waals surface area (Å²) >= 11 is 4.48. The van der Waals surface area contributed by atoms with Crippen LogP contribution in [0.5, 0.6) is 0 Å². The van der Waals surface area contributed by atoms with Gasteiger partial charge in [0.2, 0.25) is 0 Å². The molecule has 0 N–H and O–H groups in total. The average Bonchev–Trinajstić information content (AvgIpc) is 3.40. The van der Waals surface area contributed by atoms with Gasteiger partial charge in [-0.05, 0) is 41.1 Å². The van der Waals surface area contributed by atoms with Crippen LogP contribution >= 0.6 is 27.7 Å². The van der Waals surface area contributed by atoms with Crippen LogP contribution in [0.1, 0.15) is 31.1 Å². The lowest BCUT2D eigenvalue weighted by Gasteiger charge is -2.44. The molecule has 0 amide bonds. The van der Waals surface area contributed by atoms with Crippen molar-refractivity contribution >= 4 is 39.6 Å². The third kappa shape index (κ3) is 6.89. The van der Waals surface area contributed by atoms with Gasteiger partial charge in [0.05, 0.1) is 6.20 Å². The van der Waals surface area contributed by atoms with E-state index in [0.29, 0.717) is 9.37 Å². The zero-order valence-corrected chi connectivity index (χ0v) is 24.6. The number of methoxy groups -OCH3 is 1. The number of benzene rings is 1. The number of esters is 2. The highest BCUT2D eigenvalue weighted by molar-refractivity contribution is 9.10. The van der Waals surface area contributed by atoms with Crippen molar-refractivity contribution in [2.45, 2.75) is 55.5 Å². The van der Waals surface area contributed by atoms with E-state index >= 15 is 0 Å². The first-order chi connectivity index (χ1) is 19.5. The maximum absolute atomic E-state index is 14.3. The van der Waals surface area contributed by atoms with Crippen LogP contribution in [0.25, 0.3) is 11.3 Å². The monoisotopic (exact) mass is 651 g/mol. The molecule has 0 radical (unpaired) electrons. The first kappa shape index (κ1) is 30.5. The van der Waals surface area contributed by atoms with E-state index in [1.54, 1.807) is 6.07 Å².